The molecule has 2 aromatic rings. The second kappa shape index (κ2) is 10.4. The van der Waals surface area contributed by atoms with Crippen molar-refractivity contribution in [3.8, 4) is 17.2 Å². The molecule has 0 amide bonds. The third-order valence-corrected chi connectivity index (χ3v) is 6.51. The van der Waals surface area contributed by atoms with Gasteiger partial charge < -0.3 is 36.4 Å². The van der Waals surface area contributed by atoms with E-state index in [2.05, 4.69) is 4.90 Å². The summed E-state index contributed by atoms with van der Waals surface area (Å²) in [5.74, 6) is 1.60. The van der Waals surface area contributed by atoms with Gasteiger partial charge in [-0.1, -0.05) is 0 Å². The Hall–Kier alpha value is -2.51. The molecule has 0 radical (unpaired) electrons. The number of quaternary nitrogens is 1. The maximum absolute atomic E-state index is 13.3. The summed E-state index contributed by atoms with van der Waals surface area (Å²) >= 11 is 0. The number of nitrogens with one attached hydrogen (secondary N) is 1. The molecule has 2 aromatic carbocycles. The van der Waals surface area contributed by atoms with Gasteiger partial charge >= 0.3 is 0 Å². The zero-order chi connectivity index (χ0) is 22.0. The summed E-state index contributed by atoms with van der Waals surface area (Å²) in [6, 6.07) is 8.47. The summed E-state index contributed by atoms with van der Waals surface area (Å²) in [7, 11) is 4.74. The average molecular weight is 465 g/mol. The molecule has 1 N–H and O–H groups in total. The first-order valence-corrected chi connectivity index (χ1v) is 10.8. The molecule has 1 heterocycles. The lowest BCUT2D eigenvalue weighted by molar-refractivity contribution is -0.903. The Morgan fingerprint density at radius 2 is 1.69 bits per heavy atom. The van der Waals surface area contributed by atoms with E-state index < -0.39 is 0 Å². The van der Waals surface area contributed by atoms with Crippen LogP contribution in [0.2, 0.25) is 0 Å². The Balaban J connectivity index is 0.00000289. The van der Waals surface area contributed by atoms with Gasteiger partial charge in [0, 0.05) is 16.8 Å². The van der Waals surface area contributed by atoms with Crippen LogP contribution in [0.5, 0.6) is 17.2 Å². The van der Waals surface area contributed by atoms with Crippen LogP contribution < -0.4 is 36.4 Å². The summed E-state index contributed by atoms with van der Waals surface area (Å²) in [4.78, 5) is 17.1. The zero-order valence-corrected chi connectivity index (χ0v) is 19.5. The molecule has 0 saturated carbocycles. The Morgan fingerprint density at radius 1 is 1.03 bits per heavy atom. The highest BCUT2D eigenvalue weighted by Gasteiger charge is 2.35. The van der Waals surface area contributed by atoms with Crippen molar-refractivity contribution in [2.75, 3.05) is 59.0 Å². The van der Waals surface area contributed by atoms with E-state index in [0.717, 1.165) is 56.8 Å². The number of anilines is 1. The summed E-state index contributed by atoms with van der Waals surface area (Å²) in [5, 5.41) is 0. The molecule has 1 fully saturated rings. The highest BCUT2D eigenvalue weighted by molar-refractivity contribution is 6.02. The predicted molar refractivity (Wildman–Crippen MR) is 116 cm³/mol. The minimum Gasteiger partial charge on any atom is -1.00 e. The van der Waals surface area contributed by atoms with E-state index in [1.54, 1.807) is 27.4 Å². The molecule has 0 spiro atoms. The molecule has 1 saturated heterocycles. The van der Waals surface area contributed by atoms with Crippen LogP contribution in [-0.2, 0) is 6.42 Å². The molecule has 32 heavy (non-hydrogen) atoms. The van der Waals surface area contributed by atoms with E-state index in [0.29, 0.717) is 22.8 Å². The number of fused-ring (bicyclic) bond motifs is 1. The van der Waals surface area contributed by atoms with Crippen molar-refractivity contribution in [2.45, 2.75) is 12.8 Å². The van der Waals surface area contributed by atoms with E-state index in [1.165, 1.54) is 17.0 Å². The lowest BCUT2D eigenvalue weighted by atomic mass is 9.81. The minimum atomic E-state index is -0.213. The summed E-state index contributed by atoms with van der Waals surface area (Å²) < 4.78 is 29.7. The summed E-state index contributed by atoms with van der Waals surface area (Å²) in [5.41, 5.74) is 2.66. The fourth-order valence-corrected chi connectivity index (χ4v) is 4.83. The number of ether oxygens (including phenoxy) is 3. The minimum absolute atomic E-state index is 0. The first-order chi connectivity index (χ1) is 15.0. The number of nitrogens with zero attached hydrogens (tertiary/aromatic N) is 1. The number of ketones is 1. The van der Waals surface area contributed by atoms with Gasteiger partial charge in [0.15, 0.2) is 17.3 Å². The van der Waals surface area contributed by atoms with Crippen molar-refractivity contribution in [3.05, 3.63) is 47.3 Å². The first-order valence-electron chi connectivity index (χ1n) is 10.8. The van der Waals surface area contributed by atoms with Gasteiger partial charge in [0.05, 0.1) is 60.0 Å². The lowest BCUT2D eigenvalue weighted by Gasteiger charge is -2.36. The zero-order valence-electron chi connectivity index (χ0n) is 18.7. The molecule has 2 aliphatic rings. The number of methoxy groups -OCH3 is 3. The Morgan fingerprint density at radius 3 is 2.28 bits per heavy atom. The number of carbonyl (C=O) groups is 1. The molecule has 1 aliphatic carbocycles. The van der Waals surface area contributed by atoms with E-state index in [1.807, 2.05) is 12.1 Å². The molecule has 8 heteroatoms. The third-order valence-electron chi connectivity index (χ3n) is 6.51. The molecule has 4 rings (SSSR count). The number of benzene rings is 2. The Bertz CT molecular complexity index is 946. The van der Waals surface area contributed by atoms with Crippen LogP contribution in [0.3, 0.4) is 0 Å². The molecule has 1 unspecified atom stereocenters. The Kier molecular flexibility index (Phi) is 7.85. The van der Waals surface area contributed by atoms with Crippen LogP contribution in [0.15, 0.2) is 30.3 Å². The average Bonchev–Trinajstić information content (AvgIpc) is 2.80. The number of piperazine rings is 1. The highest BCUT2D eigenvalue weighted by atomic mass is 35.5. The Labute approximate surface area is 194 Å². The van der Waals surface area contributed by atoms with Gasteiger partial charge in [0.25, 0.3) is 0 Å². The maximum atomic E-state index is 13.3. The fourth-order valence-electron chi connectivity index (χ4n) is 4.83. The van der Waals surface area contributed by atoms with Gasteiger partial charge in [-0.25, -0.2) is 4.39 Å². The van der Waals surface area contributed by atoms with Crippen molar-refractivity contribution in [2.24, 2.45) is 5.92 Å². The van der Waals surface area contributed by atoms with Crippen LogP contribution in [0.4, 0.5) is 10.1 Å². The third kappa shape index (κ3) is 4.64. The topological polar surface area (TPSA) is 52.4 Å². The van der Waals surface area contributed by atoms with Gasteiger partial charge in [-0.2, -0.15) is 0 Å². The van der Waals surface area contributed by atoms with Crippen molar-refractivity contribution in [1.29, 1.82) is 0 Å². The van der Waals surface area contributed by atoms with Gasteiger partial charge in [0.1, 0.15) is 5.82 Å². The number of hydrogen-bond acceptors (Lipinski definition) is 5. The molecular weight excluding hydrogens is 435 g/mol. The first kappa shape index (κ1) is 24.1. The molecule has 1 aliphatic heterocycles. The lowest BCUT2D eigenvalue weighted by Crippen LogP contribution is -3.15. The van der Waals surface area contributed by atoms with Crippen LogP contribution >= 0.6 is 0 Å². The molecule has 6 nitrogen and oxygen atoms in total. The smallest absolute Gasteiger partial charge is 0.203 e. The van der Waals surface area contributed by atoms with Gasteiger partial charge in [-0.05, 0) is 43.2 Å². The number of rotatable bonds is 6. The number of halogens is 2. The quantitative estimate of drug-likeness (QED) is 0.595. The molecule has 0 bridgehead atoms. The summed E-state index contributed by atoms with van der Waals surface area (Å²) in [6.07, 6.45) is 1.59. The predicted octanol–water partition coefficient (Wildman–Crippen LogP) is -0.994. The molecule has 1 atom stereocenters. The van der Waals surface area contributed by atoms with E-state index >= 15 is 0 Å². The number of Topliss-reactive ketones (excluding diaryl/α,β-unsaturated/α-hetero) is 1. The van der Waals surface area contributed by atoms with Gasteiger partial charge in [-0.15, -0.1) is 0 Å². The molecular formula is C24H30ClFN2O4. The van der Waals surface area contributed by atoms with Crippen molar-refractivity contribution >= 4 is 11.5 Å². The largest absolute Gasteiger partial charge is 1.00 e. The standard InChI is InChI=1S/C24H29FN2O4.ClH/c1-29-21-14-20-19(23(30-2)24(21)31-3)9-4-16(22(20)28)15-26-10-12-27(13-11-26)18-7-5-17(25)6-8-18;/h5-8,14,16H,4,9-13,15H2,1-3H3;1H. The van der Waals surface area contributed by atoms with Crippen molar-refractivity contribution in [1.82, 2.24) is 0 Å². The number of hydrogen-bond donors (Lipinski definition) is 1. The van der Waals surface area contributed by atoms with E-state index in [-0.39, 0.29) is 29.9 Å². The van der Waals surface area contributed by atoms with Crippen molar-refractivity contribution < 1.29 is 40.7 Å². The second-order valence-electron chi connectivity index (χ2n) is 8.19. The second-order valence-corrected chi connectivity index (χ2v) is 8.19. The van der Waals surface area contributed by atoms with Gasteiger partial charge in [-0.3, -0.25) is 4.79 Å². The fraction of sp³-hybridized carbons (Fsp3) is 0.458. The maximum Gasteiger partial charge on any atom is 0.203 e. The van der Waals surface area contributed by atoms with Crippen LogP contribution in [0.25, 0.3) is 0 Å². The summed E-state index contributed by atoms with van der Waals surface area (Å²) in [6.45, 7) is 4.55. The molecule has 174 valence electrons. The SMILES string of the molecule is COc1cc2c(c(OC)c1OC)CCC(C[NH+]1CCN(c3ccc(F)cc3)CC1)C2=O.[Cl-]. The highest BCUT2D eigenvalue weighted by Crippen LogP contribution is 2.45. The van der Waals surface area contributed by atoms with Crippen molar-refractivity contribution in [3.63, 3.8) is 0 Å². The monoisotopic (exact) mass is 464 g/mol. The van der Waals surface area contributed by atoms with E-state index in [9.17, 15) is 9.18 Å². The van der Waals surface area contributed by atoms with Crippen LogP contribution in [0.1, 0.15) is 22.3 Å². The van der Waals surface area contributed by atoms with E-state index in [4.69, 9.17) is 14.2 Å². The van der Waals surface area contributed by atoms with Crippen LogP contribution in [-0.4, -0.2) is 59.8 Å². The van der Waals surface area contributed by atoms with Gasteiger partial charge in [0.2, 0.25) is 5.75 Å². The number of carbonyl (C=O) groups excluding carboxylic acids is 1. The molecule has 0 aromatic heterocycles. The normalized spacial score (nSPS) is 18.6. The van der Waals surface area contributed by atoms with Crippen LogP contribution in [0, 0.1) is 11.7 Å².